The lowest BCUT2D eigenvalue weighted by Crippen LogP contribution is -2.25. The molecule has 0 atom stereocenters. The lowest BCUT2D eigenvalue weighted by Gasteiger charge is -2.09. The van der Waals surface area contributed by atoms with Crippen LogP contribution in [0.3, 0.4) is 0 Å². The Hall–Kier alpha value is -5.66. The lowest BCUT2D eigenvalue weighted by molar-refractivity contribution is -0.0893. The molecule has 0 amide bonds. The first-order chi connectivity index (χ1) is 26.7. The quantitative estimate of drug-likeness (QED) is 0.0841. The number of nitrogens with zero attached hydrogens (tertiary/aromatic N) is 6. The van der Waals surface area contributed by atoms with E-state index in [2.05, 4.69) is 35.6 Å². The minimum Gasteiger partial charge on any atom is -0.465 e. The maximum Gasteiger partial charge on any atom is 0.456 e. The molecule has 0 aliphatic heterocycles. The summed E-state index contributed by atoms with van der Waals surface area (Å²) in [5, 5.41) is 8.73. The standard InChI is InChI=1S/C18H12BrClF3N3O3.C18H13ClF3N3O3/c1-25-14(15(27)18(21,22)23)6-12(19)16(25)26-8-10(7-24-26)9-3-4-13(20)11(5-9)17(28)29-2;1-24-14(16(26)18(20,21)22)5-6-15(24)25-9-11(8-23-25)10-3-4-13(19)12(7-10)17(27)28-2/h3-8H,1-2H3;3-9H,1-2H3. The second-order valence-corrected chi connectivity index (χ2v) is 13.4. The van der Waals surface area contributed by atoms with E-state index in [1.807, 2.05) is 0 Å². The molecule has 21 heteroatoms. The van der Waals surface area contributed by atoms with Crippen molar-refractivity contribution in [1.29, 1.82) is 0 Å². The molecule has 0 spiro atoms. The van der Waals surface area contributed by atoms with Crippen molar-refractivity contribution in [2.75, 3.05) is 14.2 Å². The van der Waals surface area contributed by atoms with Crippen LogP contribution in [0.5, 0.6) is 0 Å². The van der Waals surface area contributed by atoms with Crippen molar-refractivity contribution in [2.45, 2.75) is 12.4 Å². The van der Waals surface area contributed by atoms with Crippen LogP contribution in [0, 0.1) is 0 Å². The Kier molecular flexibility index (Phi) is 12.3. The number of hydrogen-bond acceptors (Lipinski definition) is 8. The van der Waals surface area contributed by atoms with Gasteiger partial charge in [0.1, 0.15) is 11.6 Å². The molecular weight excluding hydrogens is 877 g/mol. The summed E-state index contributed by atoms with van der Waals surface area (Å²) in [6, 6.07) is 13.0. The van der Waals surface area contributed by atoms with Crippen molar-refractivity contribution in [1.82, 2.24) is 28.7 Å². The highest BCUT2D eigenvalue weighted by Crippen LogP contribution is 2.32. The Morgan fingerprint density at radius 1 is 0.632 bits per heavy atom. The van der Waals surface area contributed by atoms with Crippen molar-refractivity contribution in [3.8, 4) is 33.9 Å². The number of aromatic nitrogens is 6. The van der Waals surface area contributed by atoms with Crippen LogP contribution in [0.25, 0.3) is 33.9 Å². The summed E-state index contributed by atoms with van der Waals surface area (Å²) in [4.78, 5) is 46.7. The van der Waals surface area contributed by atoms with Crippen molar-refractivity contribution in [2.24, 2.45) is 14.1 Å². The average Bonchev–Trinajstić information content (AvgIpc) is 3.97. The maximum atomic E-state index is 12.8. The van der Waals surface area contributed by atoms with Crippen molar-refractivity contribution < 1.29 is 55.0 Å². The monoisotopic (exact) mass is 900 g/mol. The second-order valence-electron chi connectivity index (χ2n) is 11.8. The predicted molar refractivity (Wildman–Crippen MR) is 197 cm³/mol. The molecule has 298 valence electrons. The topological polar surface area (TPSA) is 132 Å². The summed E-state index contributed by atoms with van der Waals surface area (Å²) in [6.45, 7) is 0. The molecule has 12 nitrogen and oxygen atoms in total. The number of ether oxygens (including phenoxy) is 2. The van der Waals surface area contributed by atoms with Crippen LogP contribution in [-0.4, -0.2) is 78.8 Å². The fourth-order valence-corrected chi connectivity index (χ4v) is 6.47. The molecule has 0 bridgehead atoms. The van der Waals surface area contributed by atoms with Gasteiger partial charge in [-0.3, -0.25) is 9.59 Å². The van der Waals surface area contributed by atoms with E-state index >= 15 is 0 Å². The SMILES string of the molecule is COC(=O)c1cc(-c2cnn(-c3c(Br)cc(C(=O)C(F)(F)F)n3C)c2)ccc1Cl.COC(=O)c1cc(-c2cnn(-c3ccc(C(=O)C(F)(F)F)n3C)c2)ccc1Cl. The zero-order valence-electron chi connectivity index (χ0n) is 29.5. The molecule has 0 aliphatic carbocycles. The van der Waals surface area contributed by atoms with Crippen LogP contribution in [0.1, 0.15) is 41.7 Å². The van der Waals surface area contributed by atoms with Gasteiger partial charge in [0.15, 0.2) is 0 Å². The first kappa shape index (κ1) is 42.5. The molecule has 6 rings (SSSR count). The van der Waals surface area contributed by atoms with Gasteiger partial charge in [0.2, 0.25) is 0 Å². The highest BCUT2D eigenvalue weighted by atomic mass is 79.9. The van der Waals surface area contributed by atoms with Crippen LogP contribution in [0.2, 0.25) is 10.0 Å². The normalized spacial score (nSPS) is 11.5. The van der Waals surface area contributed by atoms with E-state index in [9.17, 15) is 45.5 Å². The summed E-state index contributed by atoms with van der Waals surface area (Å²) in [7, 11) is 5.14. The molecule has 0 saturated carbocycles. The zero-order valence-corrected chi connectivity index (χ0v) is 32.6. The first-order valence-electron chi connectivity index (χ1n) is 15.8. The average molecular weight is 902 g/mol. The van der Waals surface area contributed by atoms with Gasteiger partial charge in [-0.15, -0.1) is 0 Å². The fourth-order valence-electron chi connectivity index (χ4n) is 5.41. The molecule has 4 heterocycles. The van der Waals surface area contributed by atoms with Gasteiger partial charge in [0.25, 0.3) is 11.6 Å². The summed E-state index contributed by atoms with van der Waals surface area (Å²) in [6.07, 6.45) is -3.91. The molecule has 57 heavy (non-hydrogen) atoms. The molecule has 0 saturated heterocycles. The Morgan fingerprint density at radius 2 is 1.09 bits per heavy atom. The molecular formula is C36H25BrCl2F6N6O6. The summed E-state index contributed by atoms with van der Waals surface area (Å²) < 4.78 is 90.9. The smallest absolute Gasteiger partial charge is 0.456 e. The van der Waals surface area contributed by atoms with Gasteiger partial charge < -0.3 is 18.6 Å². The second kappa shape index (κ2) is 16.4. The first-order valence-corrected chi connectivity index (χ1v) is 17.3. The van der Waals surface area contributed by atoms with E-state index in [4.69, 9.17) is 23.2 Å². The predicted octanol–water partition coefficient (Wildman–Crippen LogP) is 8.89. The number of hydrogen-bond donors (Lipinski definition) is 0. The highest BCUT2D eigenvalue weighted by Gasteiger charge is 2.42. The fraction of sp³-hybridized carbons (Fsp3) is 0.167. The highest BCUT2D eigenvalue weighted by molar-refractivity contribution is 9.10. The number of carbonyl (C=O) groups is 4. The Labute approximate surface area is 336 Å². The molecule has 6 aromatic rings. The number of benzene rings is 2. The molecule has 0 fully saturated rings. The minimum absolute atomic E-state index is 0.164. The summed E-state index contributed by atoms with van der Waals surface area (Å²) in [5.74, 6) is -4.61. The molecule has 0 aliphatic rings. The van der Waals surface area contributed by atoms with E-state index < -0.39 is 47.2 Å². The summed E-state index contributed by atoms with van der Waals surface area (Å²) >= 11 is 15.2. The van der Waals surface area contributed by atoms with E-state index in [0.29, 0.717) is 22.3 Å². The molecule has 2 aromatic carbocycles. The van der Waals surface area contributed by atoms with Crippen LogP contribution >= 0.6 is 39.1 Å². The number of carbonyl (C=O) groups excluding carboxylic acids is 4. The van der Waals surface area contributed by atoms with Crippen LogP contribution in [-0.2, 0) is 23.6 Å². The Bertz CT molecular complexity index is 2540. The van der Waals surface area contributed by atoms with Gasteiger partial charge in [-0.05, 0) is 69.5 Å². The third-order valence-electron chi connectivity index (χ3n) is 8.26. The van der Waals surface area contributed by atoms with Crippen LogP contribution < -0.4 is 0 Å². The number of Topliss-reactive ketones (excluding diaryl/α,β-unsaturated/α-hetero) is 2. The number of rotatable bonds is 8. The number of ketones is 2. The van der Waals surface area contributed by atoms with Crippen LogP contribution in [0.4, 0.5) is 26.3 Å². The van der Waals surface area contributed by atoms with Gasteiger partial charge >= 0.3 is 24.3 Å². The van der Waals surface area contributed by atoms with Gasteiger partial charge in [0.05, 0.1) is 63.6 Å². The van der Waals surface area contributed by atoms with Crippen LogP contribution in [0.15, 0.2) is 83.9 Å². The van der Waals surface area contributed by atoms with Crippen molar-refractivity contribution >= 4 is 62.6 Å². The summed E-state index contributed by atoms with van der Waals surface area (Å²) in [5.41, 5.74) is 1.67. The molecule has 4 aromatic heterocycles. The van der Waals surface area contributed by atoms with E-state index in [1.165, 1.54) is 80.4 Å². The van der Waals surface area contributed by atoms with Gasteiger partial charge in [-0.2, -0.15) is 36.5 Å². The number of alkyl halides is 6. The van der Waals surface area contributed by atoms with E-state index in [0.717, 1.165) is 21.3 Å². The van der Waals surface area contributed by atoms with E-state index in [1.54, 1.807) is 24.5 Å². The number of esters is 2. The maximum absolute atomic E-state index is 12.8. The number of methoxy groups -OCH3 is 2. The largest absolute Gasteiger partial charge is 0.465 e. The zero-order chi connectivity index (χ0) is 42.1. The van der Waals surface area contributed by atoms with Crippen molar-refractivity contribution in [3.63, 3.8) is 0 Å². The lowest BCUT2D eigenvalue weighted by atomic mass is 10.1. The molecule has 0 N–H and O–H groups in total. The van der Waals surface area contributed by atoms with Gasteiger partial charge in [-0.25, -0.2) is 19.0 Å². The third-order valence-corrected chi connectivity index (χ3v) is 9.50. The molecule has 0 unspecified atom stereocenters. The molecule has 0 radical (unpaired) electrons. The van der Waals surface area contributed by atoms with Crippen molar-refractivity contribution in [3.05, 3.63) is 116 Å². The Morgan fingerprint density at radius 3 is 1.56 bits per heavy atom. The minimum atomic E-state index is -4.99. The van der Waals surface area contributed by atoms with Gasteiger partial charge in [-0.1, -0.05) is 35.3 Å². The third kappa shape index (κ3) is 8.84. The number of halogens is 9. The Balaban J connectivity index is 0.000000218. The van der Waals surface area contributed by atoms with E-state index in [-0.39, 0.29) is 37.3 Å². The van der Waals surface area contributed by atoms with Gasteiger partial charge in [0, 0.05) is 37.6 Å².